The average molecular weight is 247 g/mol. The van der Waals surface area contributed by atoms with Crippen LogP contribution >= 0.6 is 0 Å². The van der Waals surface area contributed by atoms with Crippen molar-refractivity contribution in [1.82, 2.24) is 14.9 Å². The smallest absolute Gasteiger partial charge is 0.140 e. The van der Waals surface area contributed by atoms with Crippen molar-refractivity contribution in [2.45, 2.75) is 6.10 Å². The van der Waals surface area contributed by atoms with Crippen molar-refractivity contribution in [3.8, 4) is 5.75 Å². The van der Waals surface area contributed by atoms with E-state index in [1.54, 1.807) is 7.11 Å². The molecule has 1 aliphatic rings. The minimum Gasteiger partial charge on any atom is -0.497 e. The van der Waals surface area contributed by atoms with Gasteiger partial charge in [0, 0.05) is 26.2 Å². The maximum absolute atomic E-state index is 5.75. The molecule has 1 unspecified atom stereocenters. The normalized spacial score (nSPS) is 20.2. The van der Waals surface area contributed by atoms with Gasteiger partial charge in [0.15, 0.2) is 0 Å². The first kappa shape index (κ1) is 11.5. The quantitative estimate of drug-likeness (QED) is 0.867. The molecule has 5 nitrogen and oxygen atoms in total. The molecule has 1 atom stereocenters. The van der Waals surface area contributed by atoms with E-state index < -0.39 is 0 Å². The Hall–Kier alpha value is -1.59. The fourth-order valence-corrected chi connectivity index (χ4v) is 2.34. The first-order valence-electron chi connectivity index (χ1n) is 6.12. The van der Waals surface area contributed by atoms with Crippen LogP contribution in [0.5, 0.6) is 5.75 Å². The highest BCUT2D eigenvalue weighted by Gasteiger charge is 2.21. The largest absolute Gasteiger partial charge is 0.497 e. The topological polar surface area (TPSA) is 48.3 Å². The van der Waals surface area contributed by atoms with E-state index >= 15 is 0 Å². The summed E-state index contributed by atoms with van der Waals surface area (Å²) in [6.45, 7) is 2.46. The number of aromatic nitrogens is 2. The third-order valence-corrected chi connectivity index (χ3v) is 3.34. The molecular weight excluding hydrogens is 230 g/mol. The van der Waals surface area contributed by atoms with Gasteiger partial charge >= 0.3 is 0 Å². The molecule has 1 aromatic heterocycles. The molecule has 0 amide bonds. The van der Waals surface area contributed by atoms with Crippen LogP contribution in [0, 0.1) is 0 Å². The van der Waals surface area contributed by atoms with E-state index in [1.165, 1.54) is 0 Å². The Morgan fingerprint density at radius 3 is 3.11 bits per heavy atom. The van der Waals surface area contributed by atoms with Crippen molar-refractivity contribution >= 4 is 11.0 Å². The van der Waals surface area contributed by atoms with E-state index in [4.69, 9.17) is 9.47 Å². The fourth-order valence-electron chi connectivity index (χ4n) is 2.34. The highest BCUT2D eigenvalue weighted by atomic mass is 16.5. The number of nitrogens with one attached hydrogen (secondary N) is 1. The number of rotatable bonds is 2. The molecule has 3 rings (SSSR count). The molecule has 1 fully saturated rings. The van der Waals surface area contributed by atoms with Gasteiger partial charge in [0.2, 0.25) is 0 Å². The molecule has 2 aromatic rings. The highest BCUT2D eigenvalue weighted by molar-refractivity contribution is 5.77. The molecule has 1 saturated heterocycles. The maximum atomic E-state index is 5.75. The van der Waals surface area contributed by atoms with Gasteiger partial charge in [-0.25, -0.2) is 4.98 Å². The molecule has 0 radical (unpaired) electrons. The van der Waals surface area contributed by atoms with Gasteiger partial charge in [0.25, 0.3) is 0 Å². The van der Waals surface area contributed by atoms with Gasteiger partial charge in [-0.3, -0.25) is 0 Å². The molecule has 18 heavy (non-hydrogen) atoms. The van der Waals surface area contributed by atoms with Crippen molar-refractivity contribution in [2.75, 3.05) is 26.8 Å². The number of morpholine rings is 1. The fraction of sp³-hybridized carbons (Fsp3) is 0.462. The van der Waals surface area contributed by atoms with Crippen LogP contribution in [-0.2, 0) is 11.8 Å². The maximum Gasteiger partial charge on any atom is 0.140 e. The second-order valence-corrected chi connectivity index (χ2v) is 4.45. The Morgan fingerprint density at radius 1 is 1.50 bits per heavy atom. The summed E-state index contributed by atoms with van der Waals surface area (Å²) in [4.78, 5) is 4.66. The summed E-state index contributed by atoms with van der Waals surface area (Å²) < 4.78 is 13.1. The number of benzene rings is 1. The second kappa shape index (κ2) is 4.59. The van der Waals surface area contributed by atoms with Crippen molar-refractivity contribution in [1.29, 1.82) is 0 Å². The summed E-state index contributed by atoms with van der Waals surface area (Å²) in [5.74, 6) is 1.79. The molecule has 0 bridgehead atoms. The summed E-state index contributed by atoms with van der Waals surface area (Å²) in [6, 6.07) is 5.93. The molecule has 2 heterocycles. The van der Waals surface area contributed by atoms with Gasteiger partial charge in [-0.05, 0) is 12.1 Å². The molecule has 1 aliphatic heterocycles. The van der Waals surface area contributed by atoms with E-state index in [-0.39, 0.29) is 6.10 Å². The molecule has 0 saturated carbocycles. The average Bonchev–Trinajstić information content (AvgIpc) is 2.76. The van der Waals surface area contributed by atoms with Crippen LogP contribution in [0.25, 0.3) is 11.0 Å². The van der Waals surface area contributed by atoms with Crippen LogP contribution in [0.1, 0.15) is 11.9 Å². The lowest BCUT2D eigenvalue weighted by Gasteiger charge is -2.23. The number of ether oxygens (including phenoxy) is 2. The Labute approximate surface area is 106 Å². The Morgan fingerprint density at radius 2 is 2.39 bits per heavy atom. The van der Waals surface area contributed by atoms with E-state index in [9.17, 15) is 0 Å². The Kier molecular flexibility index (Phi) is 2.93. The van der Waals surface area contributed by atoms with Crippen LogP contribution in [0.2, 0.25) is 0 Å². The zero-order valence-corrected chi connectivity index (χ0v) is 10.6. The van der Waals surface area contributed by atoms with E-state index in [0.717, 1.165) is 42.3 Å². The van der Waals surface area contributed by atoms with Crippen LogP contribution in [0.4, 0.5) is 0 Å². The highest BCUT2D eigenvalue weighted by Crippen LogP contribution is 2.25. The number of nitrogens with zero attached hydrogens (tertiary/aromatic N) is 2. The van der Waals surface area contributed by atoms with Crippen molar-refractivity contribution in [3.63, 3.8) is 0 Å². The Balaban J connectivity index is 2.04. The minimum atomic E-state index is 0.0298. The van der Waals surface area contributed by atoms with Crippen molar-refractivity contribution in [2.24, 2.45) is 7.05 Å². The lowest BCUT2D eigenvalue weighted by atomic mass is 10.3. The van der Waals surface area contributed by atoms with Crippen LogP contribution in [-0.4, -0.2) is 36.4 Å². The van der Waals surface area contributed by atoms with Gasteiger partial charge < -0.3 is 19.4 Å². The van der Waals surface area contributed by atoms with E-state index in [2.05, 4.69) is 14.9 Å². The summed E-state index contributed by atoms with van der Waals surface area (Å²) in [6.07, 6.45) is 0.0298. The summed E-state index contributed by atoms with van der Waals surface area (Å²) >= 11 is 0. The first-order valence-corrected chi connectivity index (χ1v) is 6.12. The molecule has 0 aliphatic carbocycles. The van der Waals surface area contributed by atoms with Crippen molar-refractivity contribution < 1.29 is 9.47 Å². The van der Waals surface area contributed by atoms with Gasteiger partial charge in [-0.2, -0.15) is 0 Å². The monoisotopic (exact) mass is 247 g/mol. The first-order chi connectivity index (χ1) is 8.79. The molecule has 5 heteroatoms. The van der Waals surface area contributed by atoms with Crippen molar-refractivity contribution in [3.05, 3.63) is 24.0 Å². The Bertz CT molecular complexity index is 559. The van der Waals surface area contributed by atoms with Crippen LogP contribution in [0.3, 0.4) is 0 Å². The summed E-state index contributed by atoms with van der Waals surface area (Å²) in [5, 5.41) is 3.32. The molecule has 0 spiro atoms. The number of imidazole rings is 1. The third-order valence-electron chi connectivity index (χ3n) is 3.34. The van der Waals surface area contributed by atoms with Gasteiger partial charge in [-0.1, -0.05) is 0 Å². The zero-order chi connectivity index (χ0) is 12.5. The lowest BCUT2D eigenvalue weighted by molar-refractivity contribution is 0.0208. The number of hydrogen-bond acceptors (Lipinski definition) is 4. The third kappa shape index (κ3) is 1.85. The SMILES string of the molecule is COc1ccc2c(c1)nc(C1CNCCO1)n2C. The number of aryl methyl sites for hydroxylation is 1. The molecule has 1 aromatic carbocycles. The van der Waals surface area contributed by atoms with Gasteiger partial charge in [0.1, 0.15) is 17.7 Å². The second-order valence-electron chi connectivity index (χ2n) is 4.45. The number of methoxy groups -OCH3 is 1. The molecular formula is C13H17N3O2. The predicted octanol–water partition coefficient (Wildman–Crippen LogP) is 1.24. The molecule has 96 valence electrons. The van der Waals surface area contributed by atoms with E-state index in [1.807, 2.05) is 25.2 Å². The zero-order valence-electron chi connectivity index (χ0n) is 10.6. The lowest BCUT2D eigenvalue weighted by Crippen LogP contribution is -2.34. The number of fused-ring (bicyclic) bond motifs is 1. The van der Waals surface area contributed by atoms with Crippen LogP contribution in [0.15, 0.2) is 18.2 Å². The predicted molar refractivity (Wildman–Crippen MR) is 68.8 cm³/mol. The van der Waals surface area contributed by atoms with Gasteiger partial charge in [-0.15, -0.1) is 0 Å². The summed E-state index contributed by atoms with van der Waals surface area (Å²) in [5.41, 5.74) is 2.04. The van der Waals surface area contributed by atoms with E-state index in [0.29, 0.717) is 0 Å². The van der Waals surface area contributed by atoms with Gasteiger partial charge in [0.05, 0.1) is 24.8 Å². The summed E-state index contributed by atoms with van der Waals surface area (Å²) in [7, 11) is 3.69. The molecule has 1 N–H and O–H groups in total. The van der Waals surface area contributed by atoms with Crippen LogP contribution < -0.4 is 10.1 Å². The minimum absolute atomic E-state index is 0.0298. The standard InChI is InChI=1S/C13H17N3O2/c1-16-11-4-3-9(17-2)7-10(11)15-13(16)12-8-14-5-6-18-12/h3-4,7,12,14H,5-6,8H2,1-2H3. The number of hydrogen-bond donors (Lipinski definition) is 1.